The molecule has 1 saturated carbocycles. The minimum atomic E-state index is -3.36. The number of rotatable bonds is 5. The molecule has 2 atom stereocenters. The summed E-state index contributed by atoms with van der Waals surface area (Å²) in [6.45, 7) is 0. The number of aryl methyl sites for hydroxylation is 1. The predicted molar refractivity (Wildman–Crippen MR) is 79.6 cm³/mol. The Morgan fingerprint density at radius 3 is 2.52 bits per heavy atom. The molecule has 116 valence electrons. The van der Waals surface area contributed by atoms with Crippen LogP contribution in [0.15, 0.2) is 30.3 Å². The number of carbonyl (C=O) groups excluding carboxylic acids is 1. The van der Waals surface area contributed by atoms with Crippen LogP contribution in [0.4, 0.5) is 0 Å². The summed E-state index contributed by atoms with van der Waals surface area (Å²) in [5, 5.41) is 8.11. The molecule has 0 saturated heterocycles. The van der Waals surface area contributed by atoms with Gasteiger partial charge in [0.25, 0.3) is 0 Å². The van der Waals surface area contributed by atoms with Crippen LogP contribution in [-0.2, 0) is 21.1 Å². The number of benzene rings is 1. The largest absolute Gasteiger partial charge is 0.289 e. The van der Waals surface area contributed by atoms with Gasteiger partial charge in [0, 0.05) is 0 Å². The summed E-state index contributed by atoms with van der Waals surface area (Å²) in [6.07, 6.45) is 3.09. The van der Waals surface area contributed by atoms with E-state index in [4.69, 9.17) is 5.21 Å². The van der Waals surface area contributed by atoms with E-state index in [0.29, 0.717) is 19.3 Å². The molecule has 1 aliphatic carbocycles. The van der Waals surface area contributed by atoms with Gasteiger partial charge in [0.05, 0.1) is 16.9 Å². The fourth-order valence-corrected chi connectivity index (χ4v) is 5.07. The van der Waals surface area contributed by atoms with Gasteiger partial charge in [0.15, 0.2) is 9.84 Å². The van der Waals surface area contributed by atoms with Crippen LogP contribution in [-0.4, -0.2) is 30.5 Å². The molecule has 0 radical (unpaired) electrons. The second-order valence-electron chi connectivity index (χ2n) is 5.51. The molecule has 2 N–H and O–H groups in total. The average Bonchev–Trinajstić information content (AvgIpc) is 2.53. The third-order valence-corrected chi connectivity index (χ3v) is 6.39. The van der Waals surface area contributed by atoms with Gasteiger partial charge in [-0.15, -0.1) is 0 Å². The standard InChI is InChI=1S/C15H21NO4S/c17-15(16-18)13-8-4-5-9-14(13)21(19,20)11-10-12-6-2-1-3-7-12/h1-3,6-7,13-14,18H,4-5,8-11H2,(H,16,17)/t13-,14-/m1/s1. The van der Waals surface area contributed by atoms with Crippen LogP contribution in [0, 0.1) is 5.92 Å². The third kappa shape index (κ3) is 4.04. The van der Waals surface area contributed by atoms with Crippen molar-refractivity contribution in [2.45, 2.75) is 37.4 Å². The molecule has 0 aromatic heterocycles. The number of sulfone groups is 1. The van der Waals surface area contributed by atoms with Gasteiger partial charge in [-0.1, -0.05) is 43.2 Å². The molecule has 0 spiro atoms. The molecule has 0 bridgehead atoms. The highest BCUT2D eigenvalue weighted by Crippen LogP contribution is 2.30. The van der Waals surface area contributed by atoms with Crippen molar-refractivity contribution < 1.29 is 18.4 Å². The van der Waals surface area contributed by atoms with Gasteiger partial charge < -0.3 is 0 Å². The monoisotopic (exact) mass is 311 g/mol. The third-order valence-electron chi connectivity index (χ3n) is 4.13. The van der Waals surface area contributed by atoms with E-state index >= 15 is 0 Å². The van der Waals surface area contributed by atoms with E-state index in [-0.39, 0.29) is 5.75 Å². The number of hydrogen-bond acceptors (Lipinski definition) is 4. The number of carbonyl (C=O) groups is 1. The highest BCUT2D eigenvalue weighted by Gasteiger charge is 2.39. The van der Waals surface area contributed by atoms with Crippen molar-refractivity contribution in [3.05, 3.63) is 35.9 Å². The van der Waals surface area contributed by atoms with Crippen molar-refractivity contribution in [1.82, 2.24) is 5.48 Å². The van der Waals surface area contributed by atoms with Crippen molar-refractivity contribution in [2.24, 2.45) is 5.92 Å². The smallest absolute Gasteiger partial charge is 0.247 e. The zero-order chi connectivity index (χ0) is 15.3. The van der Waals surface area contributed by atoms with E-state index in [0.717, 1.165) is 18.4 Å². The Morgan fingerprint density at radius 2 is 1.86 bits per heavy atom. The SMILES string of the molecule is O=C(NO)[C@@H]1CCCC[C@H]1S(=O)(=O)CCc1ccccc1. The van der Waals surface area contributed by atoms with Crippen molar-refractivity contribution >= 4 is 15.7 Å². The molecule has 6 heteroatoms. The van der Waals surface area contributed by atoms with Gasteiger partial charge in [-0.25, -0.2) is 13.9 Å². The molecular formula is C15H21NO4S. The molecule has 1 aromatic rings. The molecule has 0 aliphatic heterocycles. The lowest BCUT2D eigenvalue weighted by Crippen LogP contribution is -2.43. The first-order valence-electron chi connectivity index (χ1n) is 7.24. The Balaban J connectivity index is 2.07. The Kier molecular flexibility index (Phi) is 5.36. The summed E-state index contributed by atoms with van der Waals surface area (Å²) in [4.78, 5) is 11.7. The Morgan fingerprint density at radius 1 is 1.19 bits per heavy atom. The topological polar surface area (TPSA) is 83.5 Å². The summed E-state index contributed by atoms with van der Waals surface area (Å²) in [5.74, 6) is -1.18. The Labute approximate surface area is 125 Å². The highest BCUT2D eigenvalue weighted by atomic mass is 32.2. The maximum absolute atomic E-state index is 12.5. The van der Waals surface area contributed by atoms with Gasteiger partial charge in [-0.2, -0.15) is 0 Å². The molecule has 1 aromatic carbocycles. The van der Waals surface area contributed by atoms with E-state index in [1.807, 2.05) is 30.3 Å². The number of amides is 1. The first-order chi connectivity index (χ1) is 10.0. The normalized spacial score (nSPS) is 22.7. The second-order valence-corrected chi connectivity index (χ2v) is 7.85. The zero-order valence-corrected chi connectivity index (χ0v) is 12.7. The van der Waals surface area contributed by atoms with Gasteiger partial charge in [-0.3, -0.25) is 10.0 Å². The molecule has 21 heavy (non-hydrogen) atoms. The fourth-order valence-electron chi connectivity index (χ4n) is 2.97. The molecule has 1 amide bonds. The number of hydroxylamine groups is 1. The van der Waals surface area contributed by atoms with Crippen LogP contribution >= 0.6 is 0 Å². The number of hydrogen-bond donors (Lipinski definition) is 2. The van der Waals surface area contributed by atoms with E-state index in [9.17, 15) is 13.2 Å². The van der Waals surface area contributed by atoms with E-state index < -0.39 is 26.9 Å². The molecule has 0 unspecified atom stereocenters. The first-order valence-corrected chi connectivity index (χ1v) is 8.95. The lowest BCUT2D eigenvalue weighted by molar-refractivity contribution is -0.134. The first kappa shape index (κ1) is 16.0. The van der Waals surface area contributed by atoms with E-state index in [2.05, 4.69) is 0 Å². The quantitative estimate of drug-likeness (QED) is 0.640. The molecule has 2 rings (SSSR count). The van der Waals surface area contributed by atoms with Crippen molar-refractivity contribution in [3.8, 4) is 0 Å². The van der Waals surface area contributed by atoms with Gasteiger partial charge in [-0.05, 0) is 24.8 Å². The van der Waals surface area contributed by atoms with E-state index in [1.54, 1.807) is 5.48 Å². The lowest BCUT2D eigenvalue weighted by atomic mass is 9.88. The summed E-state index contributed by atoms with van der Waals surface area (Å²) in [6, 6.07) is 9.44. The molecular weight excluding hydrogens is 290 g/mol. The van der Waals surface area contributed by atoms with Gasteiger partial charge in [0.1, 0.15) is 0 Å². The van der Waals surface area contributed by atoms with Crippen LogP contribution in [0.5, 0.6) is 0 Å². The van der Waals surface area contributed by atoms with Crippen LogP contribution in [0.1, 0.15) is 31.2 Å². The summed E-state index contributed by atoms with van der Waals surface area (Å²) in [7, 11) is -3.36. The zero-order valence-electron chi connectivity index (χ0n) is 11.9. The van der Waals surface area contributed by atoms with Crippen LogP contribution in [0.2, 0.25) is 0 Å². The summed E-state index contributed by atoms with van der Waals surface area (Å²) >= 11 is 0. The van der Waals surface area contributed by atoms with Crippen LogP contribution < -0.4 is 5.48 Å². The van der Waals surface area contributed by atoms with Crippen molar-refractivity contribution in [3.63, 3.8) is 0 Å². The summed E-state index contributed by atoms with van der Waals surface area (Å²) in [5.41, 5.74) is 2.58. The average molecular weight is 311 g/mol. The van der Waals surface area contributed by atoms with E-state index in [1.165, 1.54) is 0 Å². The Bertz CT molecular complexity index is 571. The lowest BCUT2D eigenvalue weighted by Gasteiger charge is -2.29. The molecule has 5 nitrogen and oxygen atoms in total. The summed E-state index contributed by atoms with van der Waals surface area (Å²) < 4.78 is 25.1. The van der Waals surface area contributed by atoms with Crippen molar-refractivity contribution in [2.75, 3.05) is 5.75 Å². The fraction of sp³-hybridized carbons (Fsp3) is 0.533. The van der Waals surface area contributed by atoms with Crippen molar-refractivity contribution in [1.29, 1.82) is 0 Å². The van der Waals surface area contributed by atoms with Crippen LogP contribution in [0.3, 0.4) is 0 Å². The predicted octanol–water partition coefficient (Wildman–Crippen LogP) is 1.71. The minimum Gasteiger partial charge on any atom is -0.289 e. The van der Waals surface area contributed by atoms with Crippen LogP contribution in [0.25, 0.3) is 0 Å². The highest BCUT2D eigenvalue weighted by molar-refractivity contribution is 7.92. The minimum absolute atomic E-state index is 0.0386. The van der Waals surface area contributed by atoms with Gasteiger partial charge in [0.2, 0.25) is 5.91 Å². The Hall–Kier alpha value is -1.40. The maximum Gasteiger partial charge on any atom is 0.247 e. The molecule has 1 fully saturated rings. The second kappa shape index (κ2) is 7.04. The molecule has 1 aliphatic rings. The number of nitrogens with one attached hydrogen (secondary N) is 1. The van der Waals surface area contributed by atoms with Gasteiger partial charge >= 0.3 is 0 Å². The molecule has 0 heterocycles. The maximum atomic E-state index is 12.5.